The molecule has 10 nitrogen and oxygen atoms in total. The topological polar surface area (TPSA) is 109 Å². The lowest BCUT2D eigenvalue weighted by atomic mass is 10.1. The first-order chi connectivity index (χ1) is 20.1. The molecule has 3 aromatic carbocycles. The zero-order valence-corrected chi connectivity index (χ0v) is 25.6. The predicted octanol–water partition coefficient (Wildman–Crippen LogP) is 3.44. The maximum atomic E-state index is 14.0. The second kappa shape index (κ2) is 12.5. The lowest BCUT2D eigenvalue weighted by Crippen LogP contribution is -2.46. The summed E-state index contributed by atoms with van der Waals surface area (Å²) >= 11 is 0. The number of hydrogen-bond donors (Lipinski definition) is 0. The van der Waals surface area contributed by atoms with Gasteiger partial charge in [0.1, 0.15) is 17.8 Å². The fraction of sp³-hybridized carbons (Fsp3) is 0.367. The zero-order chi connectivity index (χ0) is 29.9. The zero-order valence-electron chi connectivity index (χ0n) is 24.0. The Morgan fingerprint density at radius 3 is 1.95 bits per heavy atom. The Labute approximate surface area is 248 Å². The Morgan fingerprint density at radius 2 is 1.38 bits per heavy atom. The number of benzene rings is 3. The first-order valence-corrected chi connectivity index (χ1v) is 16.7. The Balaban J connectivity index is 1.61. The molecule has 0 saturated carbocycles. The van der Waals surface area contributed by atoms with Crippen molar-refractivity contribution in [3.8, 4) is 5.75 Å². The normalized spacial score (nSPS) is 19.3. The summed E-state index contributed by atoms with van der Waals surface area (Å²) in [6.07, 6.45) is -0.824. The molecule has 3 aromatic rings. The summed E-state index contributed by atoms with van der Waals surface area (Å²) in [5.41, 5.74) is 2.55. The molecule has 0 aliphatic carbocycles. The van der Waals surface area contributed by atoms with E-state index in [9.17, 15) is 16.8 Å². The quantitative estimate of drug-likeness (QED) is 0.281. The highest BCUT2D eigenvalue weighted by molar-refractivity contribution is 7.90. The monoisotopic (exact) mass is 612 g/mol. The fourth-order valence-electron chi connectivity index (χ4n) is 5.13. The fourth-order valence-corrected chi connectivity index (χ4v) is 7.73. The summed E-state index contributed by atoms with van der Waals surface area (Å²) in [5.74, 6) is 0.903. The molecule has 2 fully saturated rings. The second-order valence-electron chi connectivity index (χ2n) is 10.5. The lowest BCUT2D eigenvalue weighted by molar-refractivity contribution is 0.0438. The van der Waals surface area contributed by atoms with Crippen LogP contribution in [0.15, 0.2) is 87.0 Å². The van der Waals surface area contributed by atoms with Crippen molar-refractivity contribution in [2.45, 2.75) is 29.8 Å². The Morgan fingerprint density at radius 1 is 0.810 bits per heavy atom. The van der Waals surface area contributed by atoms with E-state index >= 15 is 0 Å². The number of ether oxygens (including phenoxy) is 2. The van der Waals surface area contributed by atoms with Crippen molar-refractivity contribution in [2.24, 2.45) is 4.40 Å². The third-order valence-corrected chi connectivity index (χ3v) is 10.7. The summed E-state index contributed by atoms with van der Waals surface area (Å²) in [6, 6.07) is 20.4. The Bertz CT molecular complexity index is 1620. The van der Waals surface area contributed by atoms with Gasteiger partial charge in [-0.05, 0) is 55.8 Å². The van der Waals surface area contributed by atoms with Gasteiger partial charge in [0.15, 0.2) is 0 Å². The molecule has 0 N–H and O–H groups in total. The van der Waals surface area contributed by atoms with Crippen LogP contribution < -0.4 is 4.74 Å². The lowest BCUT2D eigenvalue weighted by Gasteiger charge is -2.35. The minimum absolute atomic E-state index is 0.0805. The standard InChI is InChI=1S/C30H36N4O6S2/c1-23-4-12-27(13-5-23)41(35,36)31-29(22-32-18-20-40-21-19-32)33-16-17-34(30(33)25-8-10-26(39-3)11-9-25)42(37,38)28-14-6-24(2)7-15-28/h4-15,30H,16-22H2,1-3H3/b31-29-. The van der Waals surface area contributed by atoms with Crippen molar-refractivity contribution in [1.82, 2.24) is 14.1 Å². The van der Waals surface area contributed by atoms with Crippen LogP contribution in [0.3, 0.4) is 0 Å². The molecule has 42 heavy (non-hydrogen) atoms. The van der Waals surface area contributed by atoms with Crippen molar-refractivity contribution >= 4 is 25.9 Å². The van der Waals surface area contributed by atoms with E-state index in [2.05, 4.69) is 9.30 Å². The average molecular weight is 613 g/mol. The van der Waals surface area contributed by atoms with Gasteiger partial charge in [0.25, 0.3) is 10.0 Å². The van der Waals surface area contributed by atoms with Gasteiger partial charge in [-0.1, -0.05) is 47.5 Å². The number of aryl methyl sites for hydroxylation is 2. The highest BCUT2D eigenvalue weighted by Crippen LogP contribution is 2.36. The van der Waals surface area contributed by atoms with Crippen molar-refractivity contribution < 1.29 is 26.3 Å². The summed E-state index contributed by atoms with van der Waals surface area (Å²) in [5, 5.41) is 0. The van der Waals surface area contributed by atoms with Crippen LogP contribution in [0.1, 0.15) is 22.9 Å². The maximum Gasteiger partial charge on any atom is 0.283 e. The summed E-state index contributed by atoms with van der Waals surface area (Å²) < 4.78 is 71.9. The smallest absolute Gasteiger partial charge is 0.283 e. The first-order valence-electron chi connectivity index (χ1n) is 13.8. The van der Waals surface area contributed by atoms with Gasteiger partial charge in [-0.2, -0.15) is 12.7 Å². The number of amidine groups is 1. The molecule has 2 aliphatic rings. The number of hydrogen-bond acceptors (Lipinski definition) is 7. The molecule has 0 aromatic heterocycles. The van der Waals surface area contributed by atoms with Gasteiger partial charge in [0.05, 0.1) is 36.7 Å². The van der Waals surface area contributed by atoms with Gasteiger partial charge >= 0.3 is 0 Å². The molecular weight excluding hydrogens is 576 g/mol. The molecule has 1 atom stereocenters. The third kappa shape index (κ3) is 6.52. The van der Waals surface area contributed by atoms with E-state index in [1.54, 1.807) is 84.8 Å². The summed E-state index contributed by atoms with van der Waals surface area (Å²) in [4.78, 5) is 4.13. The van der Waals surface area contributed by atoms with Crippen molar-refractivity contribution in [2.75, 3.05) is 53.0 Å². The van der Waals surface area contributed by atoms with Gasteiger partial charge in [0, 0.05) is 26.2 Å². The van der Waals surface area contributed by atoms with Crippen molar-refractivity contribution in [3.63, 3.8) is 0 Å². The number of sulfonamides is 2. The second-order valence-corrected chi connectivity index (χ2v) is 13.9. The highest BCUT2D eigenvalue weighted by Gasteiger charge is 2.43. The Kier molecular flexibility index (Phi) is 9.00. The van der Waals surface area contributed by atoms with Crippen LogP contribution in [0.4, 0.5) is 0 Å². The van der Waals surface area contributed by atoms with E-state index in [1.165, 1.54) is 4.31 Å². The third-order valence-electron chi connectivity index (χ3n) is 7.52. The molecule has 1 unspecified atom stereocenters. The number of methoxy groups -OCH3 is 1. The van der Waals surface area contributed by atoms with E-state index in [0.29, 0.717) is 37.6 Å². The Hall–Kier alpha value is -3.29. The van der Waals surface area contributed by atoms with E-state index < -0.39 is 26.2 Å². The number of nitrogens with zero attached hydrogens (tertiary/aromatic N) is 4. The molecule has 0 amide bonds. The summed E-state index contributed by atoms with van der Waals surface area (Å²) in [7, 11) is -6.47. The van der Waals surface area contributed by atoms with Crippen LogP contribution in [0, 0.1) is 13.8 Å². The largest absolute Gasteiger partial charge is 0.497 e. The van der Waals surface area contributed by atoms with Crippen LogP contribution in [0.2, 0.25) is 0 Å². The van der Waals surface area contributed by atoms with Gasteiger partial charge in [0.2, 0.25) is 10.0 Å². The van der Waals surface area contributed by atoms with Crippen LogP contribution in [-0.2, 0) is 24.8 Å². The summed E-state index contributed by atoms with van der Waals surface area (Å²) in [6.45, 7) is 6.68. The molecule has 0 radical (unpaired) electrons. The van der Waals surface area contributed by atoms with Crippen molar-refractivity contribution in [1.29, 1.82) is 0 Å². The molecule has 2 aliphatic heterocycles. The van der Waals surface area contributed by atoms with E-state index in [0.717, 1.165) is 11.1 Å². The minimum atomic E-state index is -4.09. The van der Waals surface area contributed by atoms with Gasteiger partial charge < -0.3 is 14.4 Å². The molecule has 5 rings (SSSR count). The van der Waals surface area contributed by atoms with Crippen LogP contribution >= 0.6 is 0 Å². The number of morpholine rings is 1. The van der Waals surface area contributed by atoms with Gasteiger partial charge in [-0.3, -0.25) is 4.90 Å². The molecule has 224 valence electrons. The van der Waals surface area contributed by atoms with E-state index in [4.69, 9.17) is 9.47 Å². The number of rotatable bonds is 8. The molecule has 12 heteroatoms. The van der Waals surface area contributed by atoms with E-state index in [1.807, 2.05) is 13.8 Å². The van der Waals surface area contributed by atoms with Crippen molar-refractivity contribution in [3.05, 3.63) is 89.5 Å². The predicted molar refractivity (Wildman–Crippen MR) is 161 cm³/mol. The molecule has 0 bridgehead atoms. The van der Waals surface area contributed by atoms with Gasteiger partial charge in [-0.15, -0.1) is 4.40 Å². The molecule has 2 heterocycles. The van der Waals surface area contributed by atoms with Crippen LogP contribution in [0.5, 0.6) is 5.75 Å². The minimum Gasteiger partial charge on any atom is -0.497 e. The SMILES string of the molecule is COc1ccc(C2N(/C(CN3CCOCC3)=N\S(=O)(=O)c3ccc(C)cc3)CCN2S(=O)(=O)c2ccc(C)cc2)cc1. The average Bonchev–Trinajstić information content (AvgIpc) is 3.44. The molecule has 0 spiro atoms. The highest BCUT2D eigenvalue weighted by atomic mass is 32.2. The van der Waals surface area contributed by atoms with Crippen LogP contribution in [0.25, 0.3) is 0 Å². The van der Waals surface area contributed by atoms with Gasteiger partial charge in [-0.25, -0.2) is 8.42 Å². The van der Waals surface area contributed by atoms with E-state index in [-0.39, 0.29) is 35.3 Å². The molecule has 2 saturated heterocycles. The maximum absolute atomic E-state index is 14.0. The van der Waals surface area contributed by atoms with Crippen LogP contribution in [-0.4, -0.2) is 89.8 Å². The first kappa shape index (κ1) is 30.2. The molecular formula is C30H36N4O6S2.